The van der Waals surface area contributed by atoms with Crippen LogP contribution in [0.15, 0.2) is 30.3 Å². The average molecular weight is 256 g/mol. The second-order valence-corrected chi connectivity index (χ2v) is 4.13. The molecule has 0 aromatic heterocycles. The summed E-state index contributed by atoms with van der Waals surface area (Å²) in [4.78, 5) is 0. The number of ether oxygens (including phenoxy) is 2. The van der Waals surface area contributed by atoms with Gasteiger partial charge in [0.2, 0.25) is 6.29 Å². The van der Waals surface area contributed by atoms with E-state index < -0.39 is 37.3 Å². The molecule has 6 nitrogen and oxygen atoms in total. The average Bonchev–Trinajstić information content (AvgIpc) is 2.67. The van der Waals surface area contributed by atoms with Gasteiger partial charge in [0.25, 0.3) is 0 Å². The Morgan fingerprint density at radius 3 is 2.44 bits per heavy atom. The molecule has 0 radical (unpaired) electrons. The van der Waals surface area contributed by atoms with Crippen molar-refractivity contribution in [3.63, 3.8) is 0 Å². The first-order chi connectivity index (χ1) is 8.63. The lowest BCUT2D eigenvalue weighted by Gasteiger charge is -2.18. The Morgan fingerprint density at radius 2 is 1.83 bits per heavy atom. The van der Waals surface area contributed by atoms with Crippen LogP contribution in [0.2, 0.25) is 0 Å². The van der Waals surface area contributed by atoms with Crippen molar-refractivity contribution in [1.29, 1.82) is 0 Å². The molecule has 1 fully saturated rings. The number of hydrogen-bond donors (Lipinski definition) is 4. The molecule has 1 aliphatic rings. The maximum atomic E-state index is 9.74. The summed E-state index contributed by atoms with van der Waals surface area (Å²) in [5.41, 5.74) is 0. The second-order valence-electron chi connectivity index (χ2n) is 4.13. The Kier molecular flexibility index (Phi) is 4.15. The summed E-state index contributed by atoms with van der Waals surface area (Å²) in [5.74, 6) is 0.480. The normalized spacial score (nSPS) is 33.3. The number of aliphatic hydroxyl groups is 4. The van der Waals surface area contributed by atoms with Crippen LogP contribution in [0.25, 0.3) is 0 Å². The van der Waals surface area contributed by atoms with E-state index in [1.165, 1.54) is 0 Å². The minimum atomic E-state index is -1.30. The minimum absolute atomic E-state index is 0.480. The summed E-state index contributed by atoms with van der Waals surface area (Å²) in [6.07, 6.45) is -6.00. The minimum Gasteiger partial charge on any atom is -0.462 e. The smallest absolute Gasteiger partial charge is 0.229 e. The molecule has 0 bridgehead atoms. The third-order valence-corrected chi connectivity index (χ3v) is 2.82. The lowest BCUT2D eigenvalue weighted by molar-refractivity contribution is -0.137. The standard InChI is InChI=1S/C12H16O6/c13-6-8(14)11-9(15)10(16)12(18-11)17-7-4-2-1-3-5-7/h1-5,8-16H,6H2/t8-,9+,10+,11+,12-/m0/s1. The first-order valence-corrected chi connectivity index (χ1v) is 5.65. The SMILES string of the molecule is OC[C@H](O)[C@H]1O[C@H](Oc2ccccc2)[C@H](O)[C@H]1O. The lowest BCUT2D eigenvalue weighted by Crippen LogP contribution is -2.40. The molecule has 4 N–H and O–H groups in total. The van der Waals surface area contributed by atoms with Crippen LogP contribution >= 0.6 is 0 Å². The van der Waals surface area contributed by atoms with Gasteiger partial charge in [-0.1, -0.05) is 18.2 Å². The van der Waals surface area contributed by atoms with Gasteiger partial charge in [0.05, 0.1) is 6.61 Å². The number of aliphatic hydroxyl groups excluding tert-OH is 4. The molecule has 18 heavy (non-hydrogen) atoms. The van der Waals surface area contributed by atoms with Gasteiger partial charge < -0.3 is 29.9 Å². The van der Waals surface area contributed by atoms with E-state index in [4.69, 9.17) is 14.6 Å². The molecule has 6 heteroatoms. The molecule has 0 aliphatic carbocycles. The molecular formula is C12H16O6. The molecule has 0 spiro atoms. The molecule has 2 rings (SSSR count). The predicted octanol–water partition coefficient (Wildman–Crippen LogP) is -1.13. The van der Waals surface area contributed by atoms with E-state index in [9.17, 15) is 15.3 Å². The molecule has 1 heterocycles. The fourth-order valence-corrected chi connectivity index (χ4v) is 1.82. The highest BCUT2D eigenvalue weighted by Crippen LogP contribution is 2.26. The highest BCUT2D eigenvalue weighted by Gasteiger charge is 2.47. The van der Waals surface area contributed by atoms with Crippen LogP contribution in [0, 0.1) is 0 Å². The topological polar surface area (TPSA) is 99.4 Å². The Balaban J connectivity index is 2.03. The summed E-state index contributed by atoms with van der Waals surface area (Å²) in [6, 6.07) is 8.68. The molecule has 1 aromatic rings. The fraction of sp³-hybridized carbons (Fsp3) is 0.500. The van der Waals surface area contributed by atoms with Crippen molar-refractivity contribution in [2.45, 2.75) is 30.7 Å². The van der Waals surface area contributed by atoms with Crippen molar-refractivity contribution in [2.75, 3.05) is 6.61 Å². The number of rotatable bonds is 4. The quantitative estimate of drug-likeness (QED) is 0.544. The fourth-order valence-electron chi connectivity index (χ4n) is 1.82. The van der Waals surface area contributed by atoms with Gasteiger partial charge in [0.1, 0.15) is 30.2 Å². The largest absolute Gasteiger partial charge is 0.462 e. The molecule has 1 saturated heterocycles. The van der Waals surface area contributed by atoms with E-state index in [0.717, 1.165) is 0 Å². The zero-order chi connectivity index (χ0) is 13.1. The summed E-state index contributed by atoms with van der Waals surface area (Å²) in [6.45, 7) is -0.563. The zero-order valence-electron chi connectivity index (χ0n) is 9.59. The van der Waals surface area contributed by atoms with Crippen molar-refractivity contribution in [2.24, 2.45) is 0 Å². The lowest BCUT2D eigenvalue weighted by atomic mass is 10.1. The van der Waals surface area contributed by atoms with Crippen molar-refractivity contribution in [1.82, 2.24) is 0 Å². The summed E-state index contributed by atoms with van der Waals surface area (Å²) < 4.78 is 10.6. The van der Waals surface area contributed by atoms with Gasteiger partial charge in [0.15, 0.2) is 0 Å². The molecule has 100 valence electrons. The van der Waals surface area contributed by atoms with E-state index in [1.807, 2.05) is 6.07 Å². The van der Waals surface area contributed by atoms with E-state index in [2.05, 4.69) is 0 Å². The van der Waals surface area contributed by atoms with Crippen LogP contribution in [0.4, 0.5) is 0 Å². The maximum Gasteiger partial charge on any atom is 0.229 e. The Hall–Kier alpha value is -1.18. The molecule has 0 saturated carbocycles. The molecule has 0 unspecified atom stereocenters. The summed E-state index contributed by atoms with van der Waals surface area (Å²) in [5, 5.41) is 37.7. The van der Waals surface area contributed by atoms with Crippen molar-refractivity contribution in [3.05, 3.63) is 30.3 Å². The van der Waals surface area contributed by atoms with E-state index >= 15 is 0 Å². The van der Waals surface area contributed by atoms with Gasteiger partial charge >= 0.3 is 0 Å². The van der Waals surface area contributed by atoms with Crippen LogP contribution in [0.3, 0.4) is 0 Å². The van der Waals surface area contributed by atoms with E-state index in [1.54, 1.807) is 24.3 Å². The Morgan fingerprint density at radius 1 is 1.17 bits per heavy atom. The first kappa shape index (κ1) is 13.3. The zero-order valence-corrected chi connectivity index (χ0v) is 9.59. The van der Waals surface area contributed by atoms with Gasteiger partial charge in [-0.05, 0) is 12.1 Å². The second kappa shape index (κ2) is 5.64. The third kappa shape index (κ3) is 2.63. The van der Waals surface area contributed by atoms with Crippen LogP contribution < -0.4 is 4.74 Å². The van der Waals surface area contributed by atoms with Crippen LogP contribution in [0.1, 0.15) is 0 Å². The highest BCUT2D eigenvalue weighted by molar-refractivity contribution is 5.21. The van der Waals surface area contributed by atoms with Gasteiger partial charge in [-0.3, -0.25) is 0 Å². The van der Waals surface area contributed by atoms with Crippen LogP contribution in [-0.2, 0) is 4.74 Å². The molecule has 0 amide bonds. The van der Waals surface area contributed by atoms with E-state index in [0.29, 0.717) is 5.75 Å². The van der Waals surface area contributed by atoms with Gasteiger partial charge in [-0.15, -0.1) is 0 Å². The Labute approximate surface area is 104 Å². The molecule has 1 aromatic carbocycles. The van der Waals surface area contributed by atoms with Gasteiger partial charge in [0, 0.05) is 0 Å². The number of hydrogen-bond acceptors (Lipinski definition) is 6. The van der Waals surface area contributed by atoms with Crippen molar-refractivity contribution in [3.8, 4) is 5.75 Å². The molecule has 1 aliphatic heterocycles. The first-order valence-electron chi connectivity index (χ1n) is 5.65. The molecular weight excluding hydrogens is 240 g/mol. The summed E-state index contributed by atoms with van der Waals surface area (Å²) in [7, 11) is 0. The third-order valence-electron chi connectivity index (χ3n) is 2.82. The van der Waals surface area contributed by atoms with Gasteiger partial charge in [-0.25, -0.2) is 0 Å². The monoisotopic (exact) mass is 256 g/mol. The number of para-hydroxylation sites is 1. The predicted molar refractivity (Wildman–Crippen MR) is 60.8 cm³/mol. The number of benzene rings is 1. The maximum absolute atomic E-state index is 9.74. The van der Waals surface area contributed by atoms with Crippen molar-refractivity contribution >= 4 is 0 Å². The van der Waals surface area contributed by atoms with Crippen LogP contribution in [0.5, 0.6) is 5.75 Å². The molecule has 5 atom stereocenters. The van der Waals surface area contributed by atoms with Crippen molar-refractivity contribution < 1.29 is 29.9 Å². The Bertz CT molecular complexity index is 370. The summed E-state index contributed by atoms with van der Waals surface area (Å²) >= 11 is 0. The van der Waals surface area contributed by atoms with E-state index in [-0.39, 0.29) is 0 Å². The van der Waals surface area contributed by atoms with Gasteiger partial charge in [-0.2, -0.15) is 0 Å². The highest BCUT2D eigenvalue weighted by atomic mass is 16.7. The van der Waals surface area contributed by atoms with Crippen LogP contribution in [-0.4, -0.2) is 57.7 Å².